The van der Waals surface area contributed by atoms with Crippen molar-refractivity contribution >= 4 is 14.7 Å². The molecule has 3 heteroatoms. The van der Waals surface area contributed by atoms with Crippen LogP contribution in [0.2, 0.25) is 0 Å². The molecule has 0 spiro atoms. The Kier molecular flexibility index (Phi) is 6.87. The fraction of sp³-hybridized carbons (Fsp3) is 0.167. The summed E-state index contributed by atoms with van der Waals surface area (Å²) in [7, 11) is 0.449. The van der Waals surface area contributed by atoms with Crippen LogP contribution in [0.1, 0.15) is 34.7 Å². The van der Waals surface area contributed by atoms with Gasteiger partial charge in [0, 0.05) is 11.1 Å². The molecule has 0 bridgehead atoms. The molecule has 3 rings (SSSR count). The van der Waals surface area contributed by atoms with Gasteiger partial charge in [0.2, 0.25) is 0 Å². The molecule has 0 aliphatic rings. The first kappa shape index (κ1) is 19.0. The average Bonchev–Trinajstić information content (AvgIpc) is 2.74. The molecule has 27 heavy (non-hydrogen) atoms. The maximum atomic E-state index is 9.89. The Morgan fingerprint density at radius 1 is 0.889 bits per heavy atom. The molecular weight excluding hydrogens is 348 g/mol. The van der Waals surface area contributed by atoms with Gasteiger partial charge in [0.1, 0.15) is 6.11 Å². The molecule has 0 fully saturated rings. The van der Waals surface area contributed by atoms with Crippen LogP contribution in [0, 0.1) is 12.0 Å². The van der Waals surface area contributed by atoms with Crippen LogP contribution in [-0.2, 0) is 11.3 Å². The third-order valence-electron chi connectivity index (χ3n) is 4.28. The van der Waals surface area contributed by atoms with E-state index in [9.17, 15) is 5.11 Å². The Morgan fingerprint density at radius 3 is 2.07 bits per heavy atom. The first-order valence-electron chi connectivity index (χ1n) is 9.05. The highest BCUT2D eigenvalue weighted by molar-refractivity contribution is 6.57. The molecule has 0 amide bonds. The molecule has 1 N–H and O–H groups in total. The lowest BCUT2D eigenvalue weighted by Crippen LogP contribution is -2.29. The van der Waals surface area contributed by atoms with Gasteiger partial charge in [0.05, 0.1) is 22.7 Å². The second kappa shape index (κ2) is 9.77. The Hall–Kier alpha value is -2.80. The van der Waals surface area contributed by atoms with Crippen molar-refractivity contribution in [2.24, 2.45) is 0 Å². The van der Waals surface area contributed by atoms with E-state index in [0.29, 0.717) is 16.1 Å². The van der Waals surface area contributed by atoms with E-state index in [1.807, 2.05) is 37.3 Å². The summed E-state index contributed by atoms with van der Waals surface area (Å²) in [6.07, 6.45) is 2.77. The highest BCUT2D eigenvalue weighted by atomic mass is 28.2. The topological polar surface area (TPSA) is 29.5 Å². The van der Waals surface area contributed by atoms with E-state index in [1.54, 1.807) is 0 Å². The lowest BCUT2D eigenvalue weighted by atomic mass is 10.0. The van der Waals surface area contributed by atoms with E-state index in [4.69, 9.17) is 4.74 Å². The zero-order chi connectivity index (χ0) is 18.9. The van der Waals surface area contributed by atoms with Crippen LogP contribution in [0.15, 0.2) is 78.9 Å². The molecule has 2 nitrogen and oxygen atoms in total. The van der Waals surface area contributed by atoms with Gasteiger partial charge in [0.15, 0.2) is 0 Å². The summed E-state index contributed by atoms with van der Waals surface area (Å²) in [5.41, 5.74) is 4.59. The fourth-order valence-electron chi connectivity index (χ4n) is 2.96. The van der Waals surface area contributed by atoms with Crippen LogP contribution in [0.25, 0.3) is 0 Å². The van der Waals surface area contributed by atoms with Gasteiger partial charge in [0.25, 0.3) is 0 Å². The molecule has 3 aromatic rings. The number of rotatable bonds is 6. The van der Waals surface area contributed by atoms with Crippen molar-refractivity contribution < 1.29 is 9.84 Å². The molecule has 0 saturated carbocycles. The number of hydrogen-bond donors (Lipinski definition) is 1. The molecule has 0 aromatic heterocycles. The monoisotopic (exact) mass is 370 g/mol. The minimum atomic E-state index is 0.00277. The SMILES string of the molecule is CCOC#Cc1cccc(CO)c1[Si]C(c1ccccc1)c1ccccc1. The van der Waals surface area contributed by atoms with Gasteiger partial charge in [-0.15, -0.1) is 0 Å². The maximum absolute atomic E-state index is 9.89. The maximum Gasteiger partial charge on any atom is 0.115 e. The summed E-state index contributed by atoms with van der Waals surface area (Å²) >= 11 is 0. The number of ether oxygens (including phenoxy) is 1. The van der Waals surface area contributed by atoms with E-state index in [-0.39, 0.29) is 12.1 Å². The molecule has 0 aliphatic carbocycles. The highest BCUT2D eigenvalue weighted by Crippen LogP contribution is 2.24. The number of hydrogen-bond acceptors (Lipinski definition) is 2. The lowest BCUT2D eigenvalue weighted by Gasteiger charge is -2.20. The first-order valence-corrected chi connectivity index (χ1v) is 10.1. The molecule has 0 unspecified atom stereocenters. The van der Waals surface area contributed by atoms with Crippen LogP contribution in [0.5, 0.6) is 0 Å². The van der Waals surface area contributed by atoms with Crippen molar-refractivity contribution in [2.75, 3.05) is 6.61 Å². The van der Waals surface area contributed by atoms with Crippen molar-refractivity contribution in [3.05, 3.63) is 101 Å². The standard InChI is InChI=1S/C24H22O2Si/c1-2-26-17-16-21-14-9-15-22(18-25)24(21)27-23(19-10-5-3-6-11-19)20-12-7-4-8-13-20/h3-15,23,25H,2,18H2,1H3. The Labute approximate surface area is 163 Å². The average molecular weight is 371 g/mol. The minimum Gasteiger partial charge on any atom is -0.447 e. The number of aliphatic hydroxyl groups is 1. The van der Waals surface area contributed by atoms with E-state index in [1.165, 1.54) is 11.1 Å². The minimum absolute atomic E-state index is 0.00277. The Balaban J connectivity index is 2.05. The lowest BCUT2D eigenvalue weighted by molar-refractivity contribution is 0.283. The van der Waals surface area contributed by atoms with E-state index in [2.05, 4.69) is 60.6 Å². The summed E-state index contributed by atoms with van der Waals surface area (Å²) in [6.45, 7) is 2.48. The second-order valence-electron chi connectivity index (χ2n) is 6.06. The van der Waals surface area contributed by atoms with Gasteiger partial charge in [-0.25, -0.2) is 0 Å². The molecule has 134 valence electrons. The molecular formula is C24H22O2Si. The van der Waals surface area contributed by atoms with Crippen LogP contribution < -0.4 is 5.19 Å². The number of aliphatic hydroxyl groups excluding tert-OH is 1. The van der Waals surface area contributed by atoms with Crippen molar-refractivity contribution in [1.82, 2.24) is 0 Å². The molecule has 0 aliphatic heterocycles. The van der Waals surface area contributed by atoms with Crippen LogP contribution in [0.4, 0.5) is 0 Å². The summed E-state index contributed by atoms with van der Waals surface area (Å²) < 4.78 is 5.22. The van der Waals surface area contributed by atoms with Gasteiger partial charge < -0.3 is 9.84 Å². The van der Waals surface area contributed by atoms with E-state index in [0.717, 1.165) is 16.3 Å². The van der Waals surface area contributed by atoms with Crippen molar-refractivity contribution in [3.8, 4) is 12.0 Å². The molecule has 0 saturated heterocycles. The quantitative estimate of drug-likeness (QED) is 0.530. The Bertz CT molecular complexity index is 872. The van der Waals surface area contributed by atoms with Crippen LogP contribution in [-0.4, -0.2) is 21.2 Å². The predicted octanol–water partition coefficient (Wildman–Crippen LogP) is 3.64. The third kappa shape index (κ3) is 4.88. The van der Waals surface area contributed by atoms with Crippen LogP contribution in [0.3, 0.4) is 0 Å². The van der Waals surface area contributed by atoms with Crippen molar-refractivity contribution in [1.29, 1.82) is 0 Å². The fourth-order valence-corrected chi connectivity index (χ4v) is 4.62. The van der Waals surface area contributed by atoms with Gasteiger partial charge in [-0.3, -0.25) is 0 Å². The number of benzene rings is 3. The second-order valence-corrected chi connectivity index (χ2v) is 7.42. The van der Waals surface area contributed by atoms with E-state index < -0.39 is 0 Å². The first-order chi connectivity index (χ1) is 13.3. The summed E-state index contributed by atoms with van der Waals surface area (Å²) in [6, 6.07) is 26.9. The molecule has 3 aromatic carbocycles. The van der Waals surface area contributed by atoms with Gasteiger partial charge in [-0.2, -0.15) is 0 Å². The molecule has 0 atom stereocenters. The van der Waals surface area contributed by atoms with Gasteiger partial charge in [-0.05, 0) is 40.8 Å². The Morgan fingerprint density at radius 2 is 1.52 bits per heavy atom. The largest absolute Gasteiger partial charge is 0.447 e. The zero-order valence-corrected chi connectivity index (χ0v) is 16.4. The molecule has 0 heterocycles. The van der Waals surface area contributed by atoms with Gasteiger partial charge in [-0.1, -0.05) is 72.8 Å². The van der Waals surface area contributed by atoms with Gasteiger partial charge >= 0.3 is 0 Å². The van der Waals surface area contributed by atoms with Crippen molar-refractivity contribution in [2.45, 2.75) is 19.1 Å². The summed E-state index contributed by atoms with van der Waals surface area (Å²) in [5.74, 6) is 3.12. The zero-order valence-electron chi connectivity index (χ0n) is 15.4. The molecule has 2 radical (unpaired) electrons. The third-order valence-corrected chi connectivity index (χ3v) is 6.11. The highest BCUT2D eigenvalue weighted by Gasteiger charge is 2.19. The van der Waals surface area contributed by atoms with Crippen LogP contribution >= 0.6 is 0 Å². The predicted molar refractivity (Wildman–Crippen MR) is 111 cm³/mol. The smallest absolute Gasteiger partial charge is 0.115 e. The van der Waals surface area contributed by atoms with E-state index >= 15 is 0 Å². The normalized spacial score (nSPS) is 10.3. The summed E-state index contributed by atoms with van der Waals surface area (Å²) in [5, 5.41) is 11.0. The summed E-state index contributed by atoms with van der Waals surface area (Å²) in [4.78, 5) is 0. The van der Waals surface area contributed by atoms with Crippen molar-refractivity contribution in [3.63, 3.8) is 0 Å².